The summed E-state index contributed by atoms with van der Waals surface area (Å²) in [6.45, 7) is 1.94. The monoisotopic (exact) mass is 244 g/mol. The lowest BCUT2D eigenvalue weighted by Crippen LogP contribution is -2.19. The minimum Gasteiger partial charge on any atom is -0.497 e. The quantitative estimate of drug-likeness (QED) is 0.896. The molecule has 1 aromatic heterocycles. The number of rotatable bonds is 3. The van der Waals surface area contributed by atoms with Gasteiger partial charge in [-0.3, -0.25) is 4.98 Å². The maximum absolute atomic E-state index is 6.03. The molecular formula is C14H16N2O2. The SMILES string of the molecule is COc1ccc2nccc(OC3CCNC3)c2c1. The van der Waals surface area contributed by atoms with E-state index in [9.17, 15) is 0 Å². The molecule has 1 atom stereocenters. The van der Waals surface area contributed by atoms with E-state index in [0.29, 0.717) is 0 Å². The highest BCUT2D eigenvalue weighted by atomic mass is 16.5. The molecule has 1 N–H and O–H groups in total. The van der Waals surface area contributed by atoms with E-state index >= 15 is 0 Å². The molecule has 18 heavy (non-hydrogen) atoms. The van der Waals surface area contributed by atoms with Crippen LogP contribution in [0.1, 0.15) is 6.42 Å². The Bertz CT molecular complexity index is 550. The lowest BCUT2D eigenvalue weighted by Gasteiger charge is -2.14. The van der Waals surface area contributed by atoms with Crippen molar-refractivity contribution in [2.75, 3.05) is 20.2 Å². The summed E-state index contributed by atoms with van der Waals surface area (Å²) in [7, 11) is 1.67. The molecule has 0 aliphatic carbocycles. The van der Waals surface area contributed by atoms with E-state index in [-0.39, 0.29) is 6.10 Å². The van der Waals surface area contributed by atoms with E-state index in [1.165, 1.54) is 0 Å². The first-order valence-electron chi connectivity index (χ1n) is 6.17. The van der Waals surface area contributed by atoms with Gasteiger partial charge in [-0.25, -0.2) is 0 Å². The Hall–Kier alpha value is -1.81. The van der Waals surface area contributed by atoms with Crippen LogP contribution in [0, 0.1) is 0 Å². The molecule has 4 nitrogen and oxygen atoms in total. The number of hydrogen-bond donors (Lipinski definition) is 1. The Balaban J connectivity index is 1.98. The number of fused-ring (bicyclic) bond motifs is 1. The van der Waals surface area contributed by atoms with Crippen LogP contribution in [0.4, 0.5) is 0 Å². The minimum atomic E-state index is 0.252. The Morgan fingerprint density at radius 2 is 2.28 bits per heavy atom. The van der Waals surface area contributed by atoms with Crippen molar-refractivity contribution in [1.82, 2.24) is 10.3 Å². The molecule has 1 fully saturated rings. The van der Waals surface area contributed by atoms with Crippen molar-refractivity contribution in [2.45, 2.75) is 12.5 Å². The van der Waals surface area contributed by atoms with E-state index in [1.54, 1.807) is 13.3 Å². The third kappa shape index (κ3) is 2.11. The predicted octanol–water partition coefficient (Wildman–Crippen LogP) is 1.98. The Morgan fingerprint density at radius 3 is 3.06 bits per heavy atom. The van der Waals surface area contributed by atoms with Crippen molar-refractivity contribution >= 4 is 10.9 Å². The maximum atomic E-state index is 6.03. The van der Waals surface area contributed by atoms with Gasteiger partial charge < -0.3 is 14.8 Å². The van der Waals surface area contributed by atoms with Crippen molar-refractivity contribution in [1.29, 1.82) is 0 Å². The first-order valence-corrected chi connectivity index (χ1v) is 6.17. The van der Waals surface area contributed by atoms with Crippen molar-refractivity contribution in [3.63, 3.8) is 0 Å². The first kappa shape index (κ1) is 11.3. The fourth-order valence-corrected chi connectivity index (χ4v) is 2.24. The van der Waals surface area contributed by atoms with Crippen molar-refractivity contribution in [3.05, 3.63) is 30.5 Å². The first-order chi connectivity index (χ1) is 8.86. The smallest absolute Gasteiger partial charge is 0.130 e. The van der Waals surface area contributed by atoms with Crippen LogP contribution in [-0.2, 0) is 0 Å². The van der Waals surface area contributed by atoms with Gasteiger partial charge in [-0.2, -0.15) is 0 Å². The molecule has 2 aromatic rings. The normalized spacial score (nSPS) is 19.1. The summed E-state index contributed by atoms with van der Waals surface area (Å²) in [4.78, 5) is 4.34. The van der Waals surface area contributed by atoms with E-state index in [0.717, 1.165) is 41.9 Å². The molecule has 0 saturated carbocycles. The average Bonchev–Trinajstić information content (AvgIpc) is 2.91. The highest BCUT2D eigenvalue weighted by Gasteiger charge is 2.17. The lowest BCUT2D eigenvalue weighted by atomic mass is 10.2. The Morgan fingerprint density at radius 1 is 1.33 bits per heavy atom. The van der Waals surface area contributed by atoms with Crippen LogP contribution in [0.5, 0.6) is 11.5 Å². The largest absolute Gasteiger partial charge is 0.497 e. The van der Waals surface area contributed by atoms with E-state index in [2.05, 4.69) is 10.3 Å². The molecule has 1 unspecified atom stereocenters. The fraction of sp³-hybridized carbons (Fsp3) is 0.357. The van der Waals surface area contributed by atoms with Crippen molar-refractivity contribution < 1.29 is 9.47 Å². The summed E-state index contributed by atoms with van der Waals surface area (Å²) in [5, 5.41) is 4.30. The molecule has 0 amide bonds. The number of methoxy groups -OCH3 is 1. The topological polar surface area (TPSA) is 43.4 Å². The highest BCUT2D eigenvalue weighted by Crippen LogP contribution is 2.28. The zero-order valence-corrected chi connectivity index (χ0v) is 10.3. The number of ether oxygens (including phenoxy) is 2. The molecule has 0 bridgehead atoms. The molecule has 1 aromatic carbocycles. The van der Waals surface area contributed by atoms with Gasteiger partial charge in [-0.15, -0.1) is 0 Å². The van der Waals surface area contributed by atoms with E-state index in [4.69, 9.17) is 9.47 Å². The molecule has 1 saturated heterocycles. The Kier molecular flexibility index (Phi) is 3.02. The second kappa shape index (κ2) is 4.82. The fourth-order valence-electron chi connectivity index (χ4n) is 2.24. The van der Waals surface area contributed by atoms with Gasteiger partial charge in [0.2, 0.25) is 0 Å². The van der Waals surface area contributed by atoms with Gasteiger partial charge in [0.25, 0.3) is 0 Å². The zero-order valence-electron chi connectivity index (χ0n) is 10.3. The molecule has 0 radical (unpaired) electrons. The standard InChI is InChI=1S/C14H16N2O2/c1-17-10-2-3-13-12(8-10)14(5-7-16-13)18-11-4-6-15-9-11/h2-3,5,7-8,11,15H,4,6,9H2,1H3. The third-order valence-corrected chi connectivity index (χ3v) is 3.22. The molecule has 0 spiro atoms. The third-order valence-electron chi connectivity index (χ3n) is 3.22. The molecule has 1 aliphatic heterocycles. The van der Waals surface area contributed by atoms with Gasteiger partial charge in [0.05, 0.1) is 12.6 Å². The molecule has 1 aliphatic rings. The molecule has 4 heteroatoms. The molecule has 94 valence electrons. The van der Waals surface area contributed by atoms with Crippen LogP contribution < -0.4 is 14.8 Å². The van der Waals surface area contributed by atoms with Crippen LogP contribution in [0.3, 0.4) is 0 Å². The summed E-state index contributed by atoms with van der Waals surface area (Å²) in [5.41, 5.74) is 0.930. The summed E-state index contributed by atoms with van der Waals surface area (Å²) >= 11 is 0. The van der Waals surface area contributed by atoms with Crippen molar-refractivity contribution in [2.24, 2.45) is 0 Å². The second-order valence-electron chi connectivity index (χ2n) is 4.42. The number of pyridine rings is 1. The lowest BCUT2D eigenvalue weighted by molar-refractivity contribution is 0.226. The molecule has 3 rings (SSSR count). The van der Waals surface area contributed by atoms with Gasteiger partial charge in [0, 0.05) is 18.1 Å². The summed E-state index contributed by atoms with van der Waals surface area (Å²) < 4.78 is 11.3. The highest BCUT2D eigenvalue weighted by molar-refractivity contribution is 5.86. The maximum Gasteiger partial charge on any atom is 0.130 e. The molecular weight excluding hydrogens is 228 g/mol. The van der Waals surface area contributed by atoms with Crippen LogP contribution in [-0.4, -0.2) is 31.3 Å². The van der Waals surface area contributed by atoms with Gasteiger partial charge in [0.1, 0.15) is 17.6 Å². The van der Waals surface area contributed by atoms with E-state index < -0.39 is 0 Å². The number of hydrogen-bond acceptors (Lipinski definition) is 4. The number of nitrogens with zero attached hydrogens (tertiary/aromatic N) is 1. The van der Waals surface area contributed by atoms with E-state index in [1.807, 2.05) is 24.3 Å². The number of aromatic nitrogens is 1. The minimum absolute atomic E-state index is 0.252. The van der Waals surface area contributed by atoms with Gasteiger partial charge in [-0.1, -0.05) is 0 Å². The second-order valence-corrected chi connectivity index (χ2v) is 4.42. The average molecular weight is 244 g/mol. The van der Waals surface area contributed by atoms with Crippen LogP contribution in [0.2, 0.25) is 0 Å². The number of nitrogens with one attached hydrogen (secondary N) is 1. The predicted molar refractivity (Wildman–Crippen MR) is 70.2 cm³/mol. The zero-order chi connectivity index (χ0) is 12.4. The van der Waals surface area contributed by atoms with Gasteiger partial charge in [0.15, 0.2) is 0 Å². The van der Waals surface area contributed by atoms with Gasteiger partial charge >= 0.3 is 0 Å². The van der Waals surface area contributed by atoms with Crippen LogP contribution >= 0.6 is 0 Å². The number of benzene rings is 1. The van der Waals surface area contributed by atoms with Gasteiger partial charge in [-0.05, 0) is 37.2 Å². The van der Waals surface area contributed by atoms with Crippen molar-refractivity contribution in [3.8, 4) is 11.5 Å². The summed E-state index contributed by atoms with van der Waals surface area (Å²) in [6, 6.07) is 7.75. The summed E-state index contributed by atoms with van der Waals surface area (Å²) in [5.74, 6) is 1.71. The summed E-state index contributed by atoms with van der Waals surface area (Å²) in [6.07, 6.45) is 3.09. The Labute approximate surface area is 106 Å². The molecule has 2 heterocycles. The van der Waals surface area contributed by atoms with Crippen LogP contribution in [0.15, 0.2) is 30.5 Å². The van der Waals surface area contributed by atoms with Crippen LogP contribution in [0.25, 0.3) is 10.9 Å².